The summed E-state index contributed by atoms with van der Waals surface area (Å²) in [7, 11) is 0. The number of aliphatic hydroxyl groups is 1. The van der Waals surface area contributed by atoms with Crippen molar-refractivity contribution in [2.45, 2.75) is 29.9 Å². The Kier molecular flexibility index (Phi) is 5.97. The van der Waals surface area contributed by atoms with Gasteiger partial charge in [-0.25, -0.2) is 13.2 Å². The summed E-state index contributed by atoms with van der Waals surface area (Å²) < 4.78 is 60.1. The van der Waals surface area contributed by atoms with Crippen molar-refractivity contribution in [3.63, 3.8) is 0 Å². The zero-order valence-corrected chi connectivity index (χ0v) is 16.6. The predicted octanol–water partition coefficient (Wildman–Crippen LogP) is 5.38. The fourth-order valence-electron chi connectivity index (χ4n) is 3.52. The molecule has 0 unspecified atom stereocenters. The van der Waals surface area contributed by atoms with Crippen LogP contribution in [0.1, 0.15) is 18.4 Å². The maximum atomic E-state index is 14.3. The number of hydrogen-bond acceptors (Lipinski definition) is 5. The first kappa shape index (κ1) is 21.3. The van der Waals surface area contributed by atoms with Crippen LogP contribution in [0.25, 0.3) is 28.1 Å². The van der Waals surface area contributed by atoms with Gasteiger partial charge in [0.05, 0.1) is 24.7 Å². The fourth-order valence-corrected chi connectivity index (χ4v) is 3.75. The summed E-state index contributed by atoms with van der Waals surface area (Å²) in [6.45, 7) is 0. The van der Waals surface area contributed by atoms with Crippen molar-refractivity contribution in [1.29, 1.82) is 0 Å². The lowest BCUT2D eigenvalue weighted by molar-refractivity contribution is -0.156. The molecule has 0 bridgehead atoms. The Morgan fingerprint density at radius 2 is 1.90 bits per heavy atom. The maximum Gasteiger partial charge on any atom is 0.309 e. The molecular weight excluding hydrogens is 434 g/mol. The molecule has 1 N–H and O–H groups in total. The molecule has 0 radical (unpaired) electrons. The zero-order chi connectivity index (χ0) is 22.1. The van der Waals surface area contributed by atoms with Crippen molar-refractivity contribution in [2.75, 3.05) is 0 Å². The number of hydrogen-bond donors (Lipinski definition) is 1. The molecule has 0 amide bonds. The molecule has 1 aromatic heterocycles. The highest BCUT2D eigenvalue weighted by Crippen LogP contribution is 2.35. The smallest absolute Gasteiger partial charge is 0.309 e. The van der Waals surface area contributed by atoms with E-state index in [1.807, 2.05) is 0 Å². The molecule has 1 aliphatic heterocycles. The van der Waals surface area contributed by atoms with E-state index in [1.165, 1.54) is 24.4 Å². The van der Waals surface area contributed by atoms with E-state index in [-0.39, 0.29) is 35.9 Å². The van der Waals surface area contributed by atoms with Crippen LogP contribution in [0.15, 0.2) is 47.5 Å². The van der Waals surface area contributed by atoms with E-state index in [0.717, 1.165) is 6.07 Å². The number of aliphatic hydroxyl groups excluding tert-OH is 1. The SMILES string of the molecule is O=C1C[C@H](O)C[C@@H](/C=C/c2cnc3c(F)c(F)c(F)cc3c2-c2ccc(SF)cc2)O1. The number of cyclic esters (lactones) is 1. The molecule has 1 aliphatic rings. The third-order valence-electron chi connectivity index (χ3n) is 4.94. The Labute approximate surface area is 178 Å². The second-order valence-corrected chi connectivity index (χ2v) is 7.68. The van der Waals surface area contributed by atoms with Crippen LogP contribution in [0.2, 0.25) is 0 Å². The number of halogens is 4. The molecule has 1 saturated heterocycles. The van der Waals surface area contributed by atoms with Crippen LogP contribution in [0.3, 0.4) is 0 Å². The summed E-state index contributed by atoms with van der Waals surface area (Å²) in [6.07, 6.45) is 2.97. The van der Waals surface area contributed by atoms with Crippen LogP contribution in [0.5, 0.6) is 0 Å². The Balaban J connectivity index is 1.87. The van der Waals surface area contributed by atoms with Gasteiger partial charge in [0.15, 0.2) is 17.5 Å². The van der Waals surface area contributed by atoms with Gasteiger partial charge in [-0.3, -0.25) is 9.78 Å². The van der Waals surface area contributed by atoms with Crippen molar-refractivity contribution in [1.82, 2.24) is 4.98 Å². The summed E-state index contributed by atoms with van der Waals surface area (Å²) in [4.78, 5) is 15.8. The summed E-state index contributed by atoms with van der Waals surface area (Å²) in [5.74, 6) is -4.94. The number of esters is 1. The first-order chi connectivity index (χ1) is 14.9. The number of aromatic nitrogens is 1. The van der Waals surface area contributed by atoms with E-state index < -0.39 is 35.6 Å². The average Bonchev–Trinajstić information content (AvgIpc) is 2.75. The third kappa shape index (κ3) is 4.28. The molecule has 2 heterocycles. The predicted molar refractivity (Wildman–Crippen MR) is 108 cm³/mol. The molecule has 0 spiro atoms. The highest BCUT2D eigenvalue weighted by molar-refractivity contribution is 7.94. The standard InChI is InChI=1S/C22H15F4NO3S/c23-17-9-16-19(11-2-5-15(31-26)6-3-11)12(10-27-22(16)21(25)20(17)24)1-4-14-7-13(28)8-18(29)30-14/h1-6,9-10,13-14,28H,7-8H2/b4-1+/t13-,14-/m1/s1. The average molecular weight is 449 g/mol. The molecule has 2 atom stereocenters. The minimum Gasteiger partial charge on any atom is -0.458 e. The van der Waals surface area contributed by atoms with Crippen LogP contribution >= 0.6 is 12.1 Å². The summed E-state index contributed by atoms with van der Waals surface area (Å²) in [5, 5.41) is 9.79. The quantitative estimate of drug-likeness (QED) is 0.330. The van der Waals surface area contributed by atoms with Gasteiger partial charge < -0.3 is 9.84 Å². The Hall–Kier alpha value is -2.91. The number of nitrogens with zero attached hydrogens (tertiary/aromatic N) is 1. The normalized spacial score (nSPS) is 19.2. The van der Waals surface area contributed by atoms with Crippen molar-refractivity contribution < 1.29 is 31.7 Å². The van der Waals surface area contributed by atoms with Gasteiger partial charge in [-0.1, -0.05) is 18.2 Å². The van der Waals surface area contributed by atoms with Gasteiger partial charge in [0, 0.05) is 34.0 Å². The van der Waals surface area contributed by atoms with E-state index in [1.54, 1.807) is 18.2 Å². The molecule has 3 aromatic rings. The monoisotopic (exact) mass is 449 g/mol. The minimum absolute atomic E-state index is 0.0277. The number of pyridine rings is 1. The molecular formula is C22H15F4NO3S. The van der Waals surface area contributed by atoms with E-state index in [2.05, 4.69) is 4.98 Å². The lowest BCUT2D eigenvalue weighted by Gasteiger charge is -2.23. The zero-order valence-electron chi connectivity index (χ0n) is 15.8. The van der Waals surface area contributed by atoms with Crippen LogP contribution in [-0.2, 0) is 9.53 Å². The lowest BCUT2D eigenvalue weighted by atomic mass is 9.95. The van der Waals surface area contributed by atoms with Gasteiger partial charge in [-0.2, -0.15) is 3.89 Å². The molecule has 160 valence electrons. The first-order valence-corrected chi connectivity index (χ1v) is 10.00. The van der Waals surface area contributed by atoms with Crippen molar-refractivity contribution in [3.05, 3.63) is 65.6 Å². The molecule has 0 saturated carbocycles. The highest BCUT2D eigenvalue weighted by Gasteiger charge is 2.25. The van der Waals surface area contributed by atoms with Gasteiger partial charge in [0.25, 0.3) is 0 Å². The molecule has 9 heteroatoms. The summed E-state index contributed by atoms with van der Waals surface area (Å²) in [5.41, 5.74) is 0.900. The van der Waals surface area contributed by atoms with Crippen LogP contribution in [-0.4, -0.2) is 28.3 Å². The van der Waals surface area contributed by atoms with E-state index >= 15 is 0 Å². The third-order valence-corrected chi connectivity index (χ3v) is 5.39. The molecule has 31 heavy (non-hydrogen) atoms. The van der Waals surface area contributed by atoms with Gasteiger partial charge in [0.2, 0.25) is 0 Å². The molecule has 2 aromatic carbocycles. The van der Waals surface area contributed by atoms with Crippen molar-refractivity contribution in [3.8, 4) is 11.1 Å². The maximum absolute atomic E-state index is 14.3. The Bertz CT molecular complexity index is 1180. The van der Waals surface area contributed by atoms with Crippen LogP contribution < -0.4 is 0 Å². The van der Waals surface area contributed by atoms with Gasteiger partial charge in [-0.15, -0.1) is 0 Å². The lowest BCUT2D eigenvalue weighted by Crippen LogP contribution is -2.31. The summed E-state index contributed by atoms with van der Waals surface area (Å²) >= 11 is 0.0487. The second-order valence-electron chi connectivity index (χ2n) is 7.05. The number of benzene rings is 2. The second kappa shape index (κ2) is 8.68. The van der Waals surface area contributed by atoms with Crippen LogP contribution in [0, 0.1) is 17.5 Å². The number of ether oxygens (including phenoxy) is 1. The van der Waals surface area contributed by atoms with Gasteiger partial charge in [-0.05, 0) is 29.8 Å². The largest absolute Gasteiger partial charge is 0.458 e. The van der Waals surface area contributed by atoms with E-state index in [4.69, 9.17) is 4.74 Å². The van der Waals surface area contributed by atoms with Crippen molar-refractivity contribution in [2.24, 2.45) is 0 Å². The van der Waals surface area contributed by atoms with Crippen LogP contribution in [0.4, 0.5) is 17.1 Å². The van der Waals surface area contributed by atoms with Crippen molar-refractivity contribution >= 4 is 35.1 Å². The number of fused-ring (bicyclic) bond motifs is 1. The highest BCUT2D eigenvalue weighted by atomic mass is 32.2. The van der Waals surface area contributed by atoms with E-state index in [9.17, 15) is 27.0 Å². The first-order valence-electron chi connectivity index (χ1n) is 9.28. The van der Waals surface area contributed by atoms with Gasteiger partial charge in [0.1, 0.15) is 11.6 Å². The van der Waals surface area contributed by atoms with Gasteiger partial charge >= 0.3 is 5.97 Å². The summed E-state index contributed by atoms with van der Waals surface area (Å²) in [6, 6.07) is 6.98. The fraction of sp³-hybridized carbons (Fsp3) is 0.182. The molecule has 4 nitrogen and oxygen atoms in total. The van der Waals surface area contributed by atoms with E-state index in [0.29, 0.717) is 21.6 Å². The Morgan fingerprint density at radius 3 is 2.58 bits per heavy atom. The number of rotatable bonds is 4. The topological polar surface area (TPSA) is 59.4 Å². The number of carbonyl (C=O) groups is 1. The molecule has 0 aliphatic carbocycles. The Morgan fingerprint density at radius 1 is 1.16 bits per heavy atom. The number of carbonyl (C=O) groups excluding carboxylic acids is 1. The molecule has 4 rings (SSSR count). The molecule has 1 fully saturated rings. The minimum atomic E-state index is -1.62.